The molecule has 1 saturated carbocycles. The number of rotatable bonds is 7. The van der Waals surface area contributed by atoms with E-state index < -0.39 is 15.6 Å². The van der Waals surface area contributed by atoms with Crippen molar-refractivity contribution in [3.8, 4) is 0 Å². The van der Waals surface area contributed by atoms with Gasteiger partial charge in [-0.25, -0.2) is 8.42 Å². The summed E-state index contributed by atoms with van der Waals surface area (Å²) in [4.78, 5) is 12.3. The number of nitrogens with one attached hydrogen (secondary N) is 1. The van der Waals surface area contributed by atoms with E-state index in [0.29, 0.717) is 12.5 Å². The number of benzene rings is 1. The van der Waals surface area contributed by atoms with Gasteiger partial charge in [-0.05, 0) is 37.8 Å². The van der Waals surface area contributed by atoms with Crippen molar-refractivity contribution in [1.29, 1.82) is 0 Å². The lowest BCUT2D eigenvalue weighted by Gasteiger charge is -2.30. The smallest absolute Gasteiger partial charge is 0.243 e. The highest BCUT2D eigenvalue weighted by Crippen LogP contribution is 2.38. The standard InChI is InChI=1S/C15H23N3O3S/c1-15(11-16,12-8-9-12)17-14(19)10-18(2)22(20,21)13-6-4-3-5-7-13/h3-7,12H,8-11,16H2,1-2H3,(H,17,19). The minimum Gasteiger partial charge on any atom is -0.348 e. The first kappa shape index (κ1) is 16.9. The molecule has 0 aliphatic heterocycles. The Labute approximate surface area is 131 Å². The van der Waals surface area contributed by atoms with Crippen LogP contribution in [0.5, 0.6) is 0 Å². The highest BCUT2D eigenvalue weighted by molar-refractivity contribution is 7.89. The van der Waals surface area contributed by atoms with E-state index in [1.165, 1.54) is 19.2 Å². The largest absolute Gasteiger partial charge is 0.348 e. The summed E-state index contributed by atoms with van der Waals surface area (Å²) < 4.78 is 25.8. The highest BCUT2D eigenvalue weighted by atomic mass is 32.2. The first-order chi connectivity index (χ1) is 10.3. The fraction of sp³-hybridized carbons (Fsp3) is 0.533. The number of amides is 1. The van der Waals surface area contributed by atoms with Crippen molar-refractivity contribution in [3.63, 3.8) is 0 Å². The van der Waals surface area contributed by atoms with Gasteiger partial charge in [0.1, 0.15) is 0 Å². The Morgan fingerprint density at radius 3 is 2.45 bits per heavy atom. The second-order valence-corrected chi connectivity index (χ2v) is 8.06. The molecule has 2 rings (SSSR count). The number of hydrogen-bond acceptors (Lipinski definition) is 4. The van der Waals surface area contributed by atoms with E-state index in [4.69, 9.17) is 5.73 Å². The fourth-order valence-corrected chi connectivity index (χ4v) is 3.61. The number of nitrogens with two attached hydrogens (primary N) is 1. The lowest BCUT2D eigenvalue weighted by Crippen LogP contribution is -2.55. The molecular formula is C15H23N3O3S. The van der Waals surface area contributed by atoms with Crippen molar-refractivity contribution >= 4 is 15.9 Å². The van der Waals surface area contributed by atoms with Gasteiger partial charge in [0.15, 0.2) is 0 Å². The van der Waals surface area contributed by atoms with E-state index >= 15 is 0 Å². The van der Waals surface area contributed by atoms with Crippen molar-refractivity contribution in [2.45, 2.75) is 30.2 Å². The molecule has 1 aromatic carbocycles. The number of carbonyl (C=O) groups is 1. The average Bonchev–Trinajstić information content (AvgIpc) is 3.32. The Balaban J connectivity index is 2.02. The van der Waals surface area contributed by atoms with Gasteiger partial charge in [0.05, 0.1) is 17.0 Å². The van der Waals surface area contributed by atoms with Gasteiger partial charge in [0.2, 0.25) is 15.9 Å². The minimum absolute atomic E-state index is 0.175. The molecular weight excluding hydrogens is 302 g/mol. The molecule has 1 amide bonds. The molecule has 1 aliphatic carbocycles. The molecule has 1 aromatic rings. The van der Waals surface area contributed by atoms with Crippen molar-refractivity contribution in [2.24, 2.45) is 11.7 Å². The summed E-state index contributed by atoms with van der Waals surface area (Å²) in [5.74, 6) is 0.0549. The molecule has 0 heterocycles. The zero-order chi connectivity index (χ0) is 16.4. The van der Waals surface area contributed by atoms with E-state index in [0.717, 1.165) is 17.1 Å². The van der Waals surface area contributed by atoms with Crippen LogP contribution in [0.2, 0.25) is 0 Å². The molecule has 1 atom stereocenters. The number of hydrogen-bond donors (Lipinski definition) is 2. The summed E-state index contributed by atoms with van der Waals surface area (Å²) >= 11 is 0. The van der Waals surface area contributed by atoms with Crippen molar-refractivity contribution < 1.29 is 13.2 Å². The van der Waals surface area contributed by atoms with Gasteiger partial charge >= 0.3 is 0 Å². The van der Waals surface area contributed by atoms with Gasteiger partial charge in [-0.2, -0.15) is 4.31 Å². The van der Waals surface area contributed by atoms with E-state index in [1.54, 1.807) is 18.2 Å². The summed E-state index contributed by atoms with van der Waals surface area (Å²) in [5, 5.41) is 2.89. The fourth-order valence-electron chi connectivity index (χ4n) is 2.46. The molecule has 0 aromatic heterocycles. The number of sulfonamides is 1. The van der Waals surface area contributed by atoms with Crippen LogP contribution in [-0.4, -0.2) is 44.3 Å². The lowest BCUT2D eigenvalue weighted by atomic mass is 9.96. The Bertz CT molecular complexity index is 629. The van der Waals surface area contributed by atoms with Gasteiger partial charge in [-0.15, -0.1) is 0 Å². The highest BCUT2D eigenvalue weighted by Gasteiger charge is 2.41. The summed E-state index contributed by atoms with van der Waals surface area (Å²) in [5.41, 5.74) is 5.31. The molecule has 122 valence electrons. The second kappa shape index (κ2) is 6.36. The minimum atomic E-state index is -3.66. The summed E-state index contributed by atoms with van der Waals surface area (Å²) in [6.45, 7) is 2.03. The molecule has 3 N–H and O–H groups in total. The van der Waals surface area contributed by atoms with Crippen LogP contribution in [0.4, 0.5) is 0 Å². The molecule has 0 saturated heterocycles. The van der Waals surface area contributed by atoms with E-state index in [1.807, 2.05) is 6.92 Å². The Morgan fingerprint density at radius 2 is 1.95 bits per heavy atom. The van der Waals surface area contributed by atoms with Crippen LogP contribution in [0, 0.1) is 5.92 Å². The third-order valence-corrected chi connectivity index (χ3v) is 5.96. The Hall–Kier alpha value is -1.44. The third-order valence-electron chi connectivity index (χ3n) is 4.15. The van der Waals surface area contributed by atoms with Crippen molar-refractivity contribution in [1.82, 2.24) is 9.62 Å². The molecule has 7 heteroatoms. The van der Waals surface area contributed by atoms with Crippen LogP contribution in [-0.2, 0) is 14.8 Å². The van der Waals surface area contributed by atoms with E-state index in [2.05, 4.69) is 5.32 Å². The van der Waals surface area contributed by atoms with E-state index in [9.17, 15) is 13.2 Å². The van der Waals surface area contributed by atoms with Crippen LogP contribution >= 0.6 is 0 Å². The van der Waals surface area contributed by atoms with Crippen LogP contribution in [0.15, 0.2) is 35.2 Å². The normalized spacial score (nSPS) is 18.0. The predicted molar refractivity (Wildman–Crippen MR) is 84.6 cm³/mol. The predicted octanol–water partition coefficient (Wildman–Crippen LogP) is 0.551. The number of likely N-dealkylation sites (N-methyl/N-ethyl adjacent to an activating group) is 1. The molecule has 0 bridgehead atoms. The number of nitrogens with zero attached hydrogens (tertiary/aromatic N) is 1. The van der Waals surface area contributed by atoms with Gasteiger partial charge in [0.25, 0.3) is 0 Å². The zero-order valence-corrected chi connectivity index (χ0v) is 13.8. The zero-order valence-electron chi connectivity index (χ0n) is 13.0. The maximum Gasteiger partial charge on any atom is 0.243 e. The lowest BCUT2D eigenvalue weighted by molar-refractivity contribution is -0.123. The summed E-state index contributed by atoms with van der Waals surface area (Å²) in [6, 6.07) is 8.07. The number of carbonyl (C=O) groups excluding carboxylic acids is 1. The van der Waals surface area contributed by atoms with Gasteiger partial charge in [0, 0.05) is 13.6 Å². The van der Waals surface area contributed by atoms with Gasteiger partial charge < -0.3 is 11.1 Å². The molecule has 22 heavy (non-hydrogen) atoms. The third kappa shape index (κ3) is 3.66. The molecule has 0 radical (unpaired) electrons. The van der Waals surface area contributed by atoms with Crippen LogP contribution in [0.3, 0.4) is 0 Å². The maximum absolute atomic E-state index is 12.4. The van der Waals surface area contributed by atoms with Crippen molar-refractivity contribution in [3.05, 3.63) is 30.3 Å². The Morgan fingerprint density at radius 1 is 1.36 bits per heavy atom. The molecule has 0 spiro atoms. The van der Waals surface area contributed by atoms with Crippen LogP contribution in [0.1, 0.15) is 19.8 Å². The molecule has 1 fully saturated rings. The SMILES string of the molecule is CN(CC(=O)NC(C)(CN)C1CC1)S(=O)(=O)c1ccccc1. The first-order valence-electron chi connectivity index (χ1n) is 7.32. The van der Waals surface area contributed by atoms with Crippen LogP contribution in [0.25, 0.3) is 0 Å². The van der Waals surface area contributed by atoms with E-state index in [-0.39, 0.29) is 17.3 Å². The summed E-state index contributed by atoms with van der Waals surface area (Å²) in [7, 11) is -2.26. The van der Waals surface area contributed by atoms with Gasteiger partial charge in [-0.1, -0.05) is 18.2 Å². The summed E-state index contributed by atoms with van der Waals surface area (Å²) in [6.07, 6.45) is 2.10. The quantitative estimate of drug-likeness (QED) is 0.766. The Kier molecular flexibility index (Phi) is 4.89. The molecule has 6 nitrogen and oxygen atoms in total. The topological polar surface area (TPSA) is 92.5 Å². The van der Waals surface area contributed by atoms with Crippen LogP contribution < -0.4 is 11.1 Å². The van der Waals surface area contributed by atoms with Gasteiger partial charge in [-0.3, -0.25) is 4.79 Å². The molecule has 1 unspecified atom stereocenters. The monoisotopic (exact) mass is 325 g/mol. The first-order valence-corrected chi connectivity index (χ1v) is 8.76. The molecule has 1 aliphatic rings. The second-order valence-electron chi connectivity index (χ2n) is 6.02. The maximum atomic E-state index is 12.4. The van der Waals surface area contributed by atoms with Crippen molar-refractivity contribution in [2.75, 3.05) is 20.1 Å². The average molecular weight is 325 g/mol.